The van der Waals surface area contributed by atoms with Gasteiger partial charge in [-0.25, -0.2) is 0 Å². The van der Waals surface area contributed by atoms with Gasteiger partial charge < -0.3 is 9.64 Å². The van der Waals surface area contributed by atoms with Crippen LogP contribution in [0.5, 0.6) is 11.5 Å². The van der Waals surface area contributed by atoms with Gasteiger partial charge >= 0.3 is 0 Å². The predicted molar refractivity (Wildman–Crippen MR) is 251 cm³/mol. The van der Waals surface area contributed by atoms with E-state index in [9.17, 15) is 0 Å². The first kappa shape index (κ1) is 35.2. The Balaban J connectivity index is 1.02. The number of fused-ring (bicyclic) bond motifs is 6. The van der Waals surface area contributed by atoms with Gasteiger partial charge in [-0.3, -0.25) is 0 Å². The molecule has 1 aliphatic rings. The average molecular weight is 766 g/mol. The molecule has 0 fully saturated rings. The number of rotatable bonds is 7. The summed E-state index contributed by atoms with van der Waals surface area (Å²) in [5, 5.41) is 2.44. The number of hydrogen-bond donors (Lipinski definition) is 0. The van der Waals surface area contributed by atoms with Crippen LogP contribution in [0.2, 0.25) is 0 Å². The summed E-state index contributed by atoms with van der Waals surface area (Å²) in [6.07, 6.45) is 0. The quantitative estimate of drug-likeness (QED) is 0.160. The minimum absolute atomic E-state index is 0.827. The van der Waals surface area contributed by atoms with Crippen molar-refractivity contribution < 1.29 is 4.74 Å². The molecule has 0 aliphatic carbocycles. The van der Waals surface area contributed by atoms with Crippen LogP contribution in [-0.2, 0) is 0 Å². The second-order valence-corrected chi connectivity index (χ2v) is 15.3. The van der Waals surface area contributed by atoms with Crippen molar-refractivity contribution in [2.75, 3.05) is 4.90 Å². The summed E-state index contributed by atoms with van der Waals surface area (Å²) >= 11 is 0. The molecular formula is C58H39NO. The van der Waals surface area contributed by atoms with Crippen molar-refractivity contribution in [1.82, 2.24) is 0 Å². The maximum Gasteiger partial charge on any atom is 0.135 e. The second kappa shape index (κ2) is 15.1. The summed E-state index contributed by atoms with van der Waals surface area (Å²) in [7, 11) is 0. The molecule has 0 radical (unpaired) electrons. The maximum atomic E-state index is 6.95. The molecule has 60 heavy (non-hydrogen) atoms. The SMILES string of the molecule is c1ccc(-c2ccc(-c3ccc(N(c4ccc(-c5ccccc5)cc4)c4ccc5c(c4)-c4ccccc4-c4c(cccc4-c4cccc6ccccc46)O5)cc3)cc2)cc1. The van der Waals surface area contributed by atoms with Gasteiger partial charge in [0, 0.05) is 28.2 Å². The molecule has 2 heteroatoms. The van der Waals surface area contributed by atoms with Crippen molar-refractivity contribution >= 4 is 27.8 Å². The van der Waals surface area contributed by atoms with Crippen LogP contribution in [0, 0.1) is 0 Å². The Kier molecular flexibility index (Phi) is 8.87. The lowest BCUT2D eigenvalue weighted by Crippen LogP contribution is -2.10. The molecule has 10 aromatic rings. The number of benzene rings is 10. The molecule has 0 N–H and O–H groups in total. The normalized spacial score (nSPS) is 11.5. The molecule has 0 spiro atoms. The smallest absolute Gasteiger partial charge is 0.135 e. The third-order valence-corrected chi connectivity index (χ3v) is 11.7. The van der Waals surface area contributed by atoms with Crippen LogP contribution in [0.15, 0.2) is 237 Å². The molecule has 0 atom stereocenters. The van der Waals surface area contributed by atoms with Crippen LogP contribution in [0.4, 0.5) is 17.1 Å². The van der Waals surface area contributed by atoms with Crippen molar-refractivity contribution in [1.29, 1.82) is 0 Å². The number of anilines is 3. The summed E-state index contributed by atoms with van der Waals surface area (Å²) in [4.78, 5) is 2.35. The third-order valence-electron chi connectivity index (χ3n) is 11.7. The molecule has 0 aromatic heterocycles. The van der Waals surface area contributed by atoms with E-state index in [1.807, 2.05) is 0 Å². The zero-order valence-corrected chi connectivity index (χ0v) is 32.9. The van der Waals surface area contributed by atoms with Crippen LogP contribution < -0.4 is 9.64 Å². The predicted octanol–water partition coefficient (Wildman–Crippen LogP) is 16.4. The summed E-state index contributed by atoms with van der Waals surface area (Å²) < 4.78 is 6.95. The van der Waals surface area contributed by atoms with Crippen molar-refractivity contribution in [3.05, 3.63) is 237 Å². The van der Waals surface area contributed by atoms with Gasteiger partial charge in [0.05, 0.1) is 0 Å². The lowest BCUT2D eigenvalue weighted by atomic mass is 9.87. The summed E-state index contributed by atoms with van der Waals surface area (Å²) in [5.74, 6) is 1.67. The number of nitrogens with zero attached hydrogens (tertiary/aromatic N) is 1. The highest BCUT2D eigenvalue weighted by Crippen LogP contribution is 2.52. The molecule has 0 amide bonds. The van der Waals surface area contributed by atoms with Crippen molar-refractivity contribution in [2.24, 2.45) is 0 Å². The second-order valence-electron chi connectivity index (χ2n) is 15.3. The van der Waals surface area contributed by atoms with E-state index in [2.05, 4.69) is 241 Å². The van der Waals surface area contributed by atoms with E-state index in [0.717, 1.165) is 56.4 Å². The van der Waals surface area contributed by atoms with E-state index in [-0.39, 0.29) is 0 Å². The van der Waals surface area contributed by atoms with Crippen LogP contribution in [0.1, 0.15) is 0 Å². The Morgan fingerprint density at radius 2 is 0.717 bits per heavy atom. The Morgan fingerprint density at radius 3 is 1.35 bits per heavy atom. The average Bonchev–Trinajstić information content (AvgIpc) is 3.47. The molecule has 1 aliphatic heterocycles. The van der Waals surface area contributed by atoms with E-state index < -0.39 is 0 Å². The first-order valence-electron chi connectivity index (χ1n) is 20.5. The largest absolute Gasteiger partial charge is 0.456 e. The van der Waals surface area contributed by atoms with Crippen molar-refractivity contribution in [2.45, 2.75) is 0 Å². The van der Waals surface area contributed by atoms with Crippen LogP contribution >= 0.6 is 0 Å². The molecule has 282 valence electrons. The molecule has 0 bridgehead atoms. The fourth-order valence-electron chi connectivity index (χ4n) is 8.76. The summed E-state index contributed by atoms with van der Waals surface area (Å²) in [6, 6.07) is 84.7. The lowest BCUT2D eigenvalue weighted by molar-refractivity contribution is 0.488. The van der Waals surface area contributed by atoms with Crippen LogP contribution in [0.3, 0.4) is 0 Å². The Labute approximate surface area is 350 Å². The summed E-state index contributed by atoms with van der Waals surface area (Å²) in [5.41, 5.74) is 17.1. The van der Waals surface area contributed by atoms with E-state index in [1.54, 1.807) is 0 Å². The molecule has 1 heterocycles. The monoisotopic (exact) mass is 765 g/mol. The highest BCUT2D eigenvalue weighted by atomic mass is 16.5. The first-order chi connectivity index (χ1) is 29.7. The lowest BCUT2D eigenvalue weighted by Gasteiger charge is -2.27. The van der Waals surface area contributed by atoms with Gasteiger partial charge in [0.1, 0.15) is 11.5 Å². The summed E-state index contributed by atoms with van der Waals surface area (Å²) in [6.45, 7) is 0. The molecule has 0 saturated heterocycles. The van der Waals surface area contributed by atoms with Gasteiger partial charge in [0.15, 0.2) is 0 Å². The number of hydrogen-bond acceptors (Lipinski definition) is 2. The Hall–Kier alpha value is -7.94. The fourth-order valence-corrected chi connectivity index (χ4v) is 8.76. The van der Waals surface area contributed by atoms with Crippen molar-refractivity contribution in [3.8, 4) is 78.3 Å². The first-order valence-corrected chi connectivity index (χ1v) is 20.5. The van der Waals surface area contributed by atoms with Gasteiger partial charge in [-0.1, -0.05) is 188 Å². The van der Waals surface area contributed by atoms with Gasteiger partial charge in [-0.2, -0.15) is 0 Å². The molecule has 0 unspecified atom stereocenters. The fraction of sp³-hybridized carbons (Fsp3) is 0. The maximum absolute atomic E-state index is 6.95. The van der Waals surface area contributed by atoms with E-state index >= 15 is 0 Å². The van der Waals surface area contributed by atoms with Crippen LogP contribution in [-0.4, -0.2) is 0 Å². The molecule has 11 rings (SSSR count). The van der Waals surface area contributed by atoms with Gasteiger partial charge in [0.25, 0.3) is 0 Å². The topological polar surface area (TPSA) is 12.5 Å². The van der Waals surface area contributed by atoms with Gasteiger partial charge in [-0.05, 0) is 115 Å². The molecule has 2 nitrogen and oxygen atoms in total. The van der Waals surface area contributed by atoms with E-state index in [1.165, 1.54) is 49.7 Å². The zero-order valence-electron chi connectivity index (χ0n) is 32.9. The van der Waals surface area contributed by atoms with Gasteiger partial charge in [-0.15, -0.1) is 0 Å². The molecular weight excluding hydrogens is 727 g/mol. The van der Waals surface area contributed by atoms with Crippen LogP contribution in [0.25, 0.3) is 77.5 Å². The number of ether oxygens (including phenoxy) is 1. The minimum Gasteiger partial charge on any atom is -0.456 e. The minimum atomic E-state index is 0.827. The highest BCUT2D eigenvalue weighted by molar-refractivity contribution is 6.04. The Bertz CT molecular complexity index is 3130. The zero-order chi connectivity index (χ0) is 39.8. The third kappa shape index (κ3) is 6.41. The van der Waals surface area contributed by atoms with E-state index in [0.29, 0.717) is 0 Å². The highest BCUT2D eigenvalue weighted by Gasteiger charge is 2.25. The molecule has 0 saturated carbocycles. The van der Waals surface area contributed by atoms with E-state index in [4.69, 9.17) is 4.74 Å². The standard InChI is InChI=1S/C58H39NO/c1-3-13-40(14-4-1)42-25-27-43(28-26-42)45-31-35-48(36-32-45)59(47-33-29-44(30-34-47)41-15-5-2-6-16-41)49-37-38-56-55(39-49)52-20-9-10-21-53(52)58-54(23-12-24-57(58)60-56)51-22-11-18-46-17-7-8-19-50(46)51/h1-39H. The Morgan fingerprint density at radius 1 is 0.267 bits per heavy atom. The molecule has 10 aromatic carbocycles. The van der Waals surface area contributed by atoms with Gasteiger partial charge in [0.2, 0.25) is 0 Å². The van der Waals surface area contributed by atoms with Crippen molar-refractivity contribution in [3.63, 3.8) is 0 Å².